The van der Waals surface area contributed by atoms with Gasteiger partial charge in [-0.1, -0.05) is 11.6 Å². The van der Waals surface area contributed by atoms with Gasteiger partial charge in [0.15, 0.2) is 0 Å². The second-order valence-electron chi connectivity index (χ2n) is 3.50. The molecule has 9 heteroatoms. The zero-order valence-electron chi connectivity index (χ0n) is 9.27. The van der Waals surface area contributed by atoms with Gasteiger partial charge in [0, 0.05) is 4.88 Å². The summed E-state index contributed by atoms with van der Waals surface area (Å²) < 4.78 is 11.3. The molecule has 2 amide bonds. The molecular weight excluding hydrogens is 286 g/mol. The van der Waals surface area contributed by atoms with Crippen LogP contribution in [0.4, 0.5) is 4.79 Å². The first kappa shape index (κ1) is 16.3. The van der Waals surface area contributed by atoms with Gasteiger partial charge in [0.2, 0.25) is 0 Å². The molecule has 1 atom stereocenters. The molecule has 0 saturated carbocycles. The number of carbonyl (C=O) groups is 1. The van der Waals surface area contributed by atoms with E-state index < -0.39 is 22.6 Å². The molecule has 7 N–H and O–H groups in total. The Hall–Kier alpha value is -0.670. The number of hydrogen-bond acceptors (Lipinski definition) is 4. The fourth-order valence-corrected chi connectivity index (χ4v) is 2.94. The average Bonchev–Trinajstić information content (AvgIpc) is 2.44. The van der Waals surface area contributed by atoms with Gasteiger partial charge in [0.05, 0.1) is 10.6 Å². The van der Waals surface area contributed by atoms with Crippen LogP contribution in [0.1, 0.15) is 18.7 Å². The Kier molecular flexibility index (Phi) is 6.06. The summed E-state index contributed by atoms with van der Waals surface area (Å²) in [4.78, 5) is 9.66. The van der Waals surface area contributed by atoms with E-state index in [1.165, 1.54) is 11.3 Å². The van der Waals surface area contributed by atoms with Gasteiger partial charge in [-0.15, -0.1) is 11.3 Å². The van der Waals surface area contributed by atoms with Crippen molar-refractivity contribution >= 4 is 40.0 Å². The molecule has 1 aromatic heterocycles. The fraction of sp³-hybridized carbons (Fsp3) is 0.375. The third kappa shape index (κ3) is 5.99. The Balaban J connectivity index is 0.000000557. The van der Waals surface area contributed by atoms with Gasteiger partial charge in [-0.2, -0.15) is 0 Å². The van der Waals surface area contributed by atoms with Gasteiger partial charge >= 0.3 is 6.03 Å². The second kappa shape index (κ2) is 6.31. The largest absolute Gasteiger partial charge is 0.385 e. The number of urea groups is 1. The van der Waals surface area contributed by atoms with Gasteiger partial charge in [-0.25, -0.2) is 14.1 Å². The van der Waals surface area contributed by atoms with Crippen LogP contribution in [0.25, 0.3) is 0 Å². The molecule has 0 aromatic carbocycles. The highest BCUT2D eigenvalue weighted by atomic mass is 35.5. The summed E-state index contributed by atoms with van der Waals surface area (Å²) in [6.45, 7) is 3.27. The molecule has 6 nitrogen and oxygen atoms in total. The van der Waals surface area contributed by atoms with Crippen molar-refractivity contribution in [3.63, 3.8) is 0 Å². The number of thiophene rings is 1. The Morgan fingerprint density at radius 3 is 2.12 bits per heavy atom. The monoisotopic (exact) mass is 299 g/mol. The van der Waals surface area contributed by atoms with Crippen LogP contribution in [0.2, 0.25) is 5.02 Å². The smallest absolute Gasteiger partial charge is 0.309 e. The van der Waals surface area contributed by atoms with Gasteiger partial charge in [0.1, 0.15) is 15.2 Å². The topological polar surface area (TPSA) is 132 Å². The van der Waals surface area contributed by atoms with E-state index in [2.05, 4.69) is 11.5 Å². The molecule has 0 radical (unpaired) electrons. The van der Waals surface area contributed by atoms with Gasteiger partial charge < -0.3 is 16.6 Å². The molecule has 1 unspecified atom stereocenters. The minimum absolute atomic E-state index is 0.350. The minimum Gasteiger partial charge on any atom is -0.385 e. The van der Waals surface area contributed by atoms with Crippen molar-refractivity contribution in [2.45, 2.75) is 23.7 Å². The summed E-state index contributed by atoms with van der Waals surface area (Å²) in [6, 6.07) is 0.756. The van der Waals surface area contributed by atoms with Crippen LogP contribution in [0, 0.1) is 0 Å². The summed E-state index contributed by atoms with van der Waals surface area (Å²) in [5.74, 6) is 0. The molecule has 1 heterocycles. The van der Waals surface area contributed by atoms with Crippen molar-refractivity contribution in [3.05, 3.63) is 16.0 Å². The van der Waals surface area contributed by atoms with Crippen molar-refractivity contribution in [1.82, 2.24) is 0 Å². The molecular formula is C8H14ClN3O3S2. The predicted molar refractivity (Wildman–Crippen MR) is 68.9 cm³/mol. The summed E-state index contributed by atoms with van der Waals surface area (Å²) in [7, 11) is -1.58. The number of amides is 2. The minimum atomic E-state index is -1.58. The van der Waals surface area contributed by atoms with Gasteiger partial charge in [-0.05, 0) is 19.9 Å². The maximum absolute atomic E-state index is 10.9. The predicted octanol–water partition coefficient (Wildman–Crippen LogP) is 0.634. The first-order valence-corrected chi connectivity index (χ1v) is 6.69. The van der Waals surface area contributed by atoms with Crippen LogP contribution >= 0.6 is 22.9 Å². The number of aliphatic hydroxyl groups is 1. The van der Waals surface area contributed by atoms with E-state index in [0.717, 1.165) is 0 Å². The number of carbonyl (C=O) groups excluding carboxylic acids is 1. The van der Waals surface area contributed by atoms with Gasteiger partial charge in [-0.3, -0.25) is 0 Å². The van der Waals surface area contributed by atoms with Crippen LogP contribution in [-0.2, 0) is 16.6 Å². The maximum Gasteiger partial charge on any atom is 0.309 e. The third-order valence-electron chi connectivity index (χ3n) is 1.44. The molecule has 0 saturated heterocycles. The molecule has 0 aliphatic rings. The van der Waals surface area contributed by atoms with Crippen molar-refractivity contribution in [2.75, 3.05) is 0 Å². The van der Waals surface area contributed by atoms with Crippen LogP contribution in [-0.4, -0.2) is 15.3 Å². The van der Waals surface area contributed by atoms with E-state index in [9.17, 15) is 9.32 Å². The van der Waals surface area contributed by atoms with Gasteiger partial charge in [0.25, 0.3) is 0 Å². The zero-order chi connectivity index (χ0) is 13.8. The lowest BCUT2D eigenvalue weighted by molar-refractivity contribution is 0.0825. The molecule has 17 heavy (non-hydrogen) atoms. The average molecular weight is 300 g/mol. The van der Waals surface area contributed by atoms with Crippen molar-refractivity contribution < 1.29 is 14.1 Å². The highest BCUT2D eigenvalue weighted by Gasteiger charge is 2.22. The summed E-state index contributed by atoms with van der Waals surface area (Å²) >= 11 is 6.94. The Morgan fingerprint density at radius 1 is 1.53 bits per heavy atom. The quantitative estimate of drug-likeness (QED) is 0.638. The summed E-state index contributed by atoms with van der Waals surface area (Å²) in [6.07, 6.45) is 0. The van der Waals surface area contributed by atoms with E-state index in [0.29, 0.717) is 14.1 Å². The molecule has 0 aliphatic heterocycles. The van der Waals surface area contributed by atoms with E-state index in [1.54, 1.807) is 19.9 Å². The number of hydrogen-bond donors (Lipinski definition) is 4. The number of nitrogens with two attached hydrogens (primary N) is 3. The molecule has 1 aromatic rings. The lowest BCUT2D eigenvalue weighted by Gasteiger charge is -2.13. The van der Waals surface area contributed by atoms with E-state index >= 15 is 0 Å². The standard InChI is InChI=1S/C7H10ClNO2S2.CH4N2O/c1-7(2,10)5-3-4(8)6(12-5)13(9)11;2-1(3)4/h3,10H,9H2,1-2H3;(H4,2,3,4). The maximum atomic E-state index is 10.9. The SMILES string of the molecule is CC(C)(O)c1cc(Cl)c(S(N)=O)s1.NC(N)=O. The van der Waals surface area contributed by atoms with Crippen molar-refractivity contribution in [3.8, 4) is 0 Å². The zero-order valence-corrected chi connectivity index (χ0v) is 11.7. The van der Waals surface area contributed by atoms with E-state index in [4.69, 9.17) is 21.5 Å². The molecule has 0 fully saturated rings. The van der Waals surface area contributed by atoms with Crippen LogP contribution in [0.3, 0.4) is 0 Å². The Morgan fingerprint density at radius 2 is 1.94 bits per heavy atom. The normalized spacial score (nSPS) is 12.5. The highest BCUT2D eigenvalue weighted by molar-refractivity contribution is 7.85. The fourth-order valence-electron chi connectivity index (χ4n) is 0.791. The lowest BCUT2D eigenvalue weighted by Crippen LogP contribution is -2.18. The van der Waals surface area contributed by atoms with Crippen LogP contribution in [0.15, 0.2) is 10.3 Å². The number of halogens is 1. The molecule has 1 rings (SSSR count). The highest BCUT2D eigenvalue weighted by Crippen LogP contribution is 2.34. The van der Waals surface area contributed by atoms with Crippen LogP contribution in [0.5, 0.6) is 0 Å². The van der Waals surface area contributed by atoms with Crippen molar-refractivity contribution in [2.24, 2.45) is 16.6 Å². The summed E-state index contributed by atoms with van der Waals surface area (Å²) in [5, 5.41) is 15.2. The summed E-state index contributed by atoms with van der Waals surface area (Å²) in [5.41, 5.74) is 7.53. The molecule has 0 bridgehead atoms. The first-order chi connectivity index (χ1) is 7.55. The molecule has 98 valence electrons. The Bertz CT molecular complexity index is 424. The Labute approximate surface area is 110 Å². The molecule has 0 aliphatic carbocycles. The first-order valence-electron chi connectivity index (χ1n) is 4.29. The van der Waals surface area contributed by atoms with E-state index in [1.807, 2.05) is 0 Å². The number of rotatable bonds is 2. The number of primary amides is 2. The lowest BCUT2D eigenvalue weighted by atomic mass is 10.1. The second-order valence-corrected chi connectivity index (χ2v) is 6.23. The third-order valence-corrected chi connectivity index (χ3v) is 4.53. The molecule has 0 spiro atoms. The van der Waals surface area contributed by atoms with E-state index in [-0.39, 0.29) is 0 Å². The van der Waals surface area contributed by atoms with Crippen molar-refractivity contribution in [1.29, 1.82) is 0 Å². The van der Waals surface area contributed by atoms with Crippen LogP contribution < -0.4 is 16.6 Å².